The second-order valence-electron chi connectivity index (χ2n) is 7.74. The van der Waals surface area contributed by atoms with Gasteiger partial charge in [-0.25, -0.2) is 0 Å². The minimum atomic E-state index is 1.21. The molecule has 0 aliphatic heterocycles. The van der Waals surface area contributed by atoms with E-state index in [0.29, 0.717) is 0 Å². The van der Waals surface area contributed by atoms with Crippen LogP contribution in [-0.2, 0) is 0 Å². The summed E-state index contributed by atoms with van der Waals surface area (Å²) in [4.78, 5) is 2.49. The lowest BCUT2D eigenvalue weighted by Gasteiger charge is -2.03. The summed E-state index contributed by atoms with van der Waals surface area (Å²) in [6.45, 7) is 4.24. The van der Waals surface area contributed by atoms with Gasteiger partial charge in [0.25, 0.3) is 0 Å². The molecule has 0 N–H and O–H groups in total. The van der Waals surface area contributed by atoms with Crippen LogP contribution in [-0.4, -0.2) is 0 Å². The molecule has 4 rings (SSSR count). The smallest absolute Gasteiger partial charge is 0.0122 e. The van der Waals surface area contributed by atoms with Crippen molar-refractivity contribution in [2.75, 3.05) is 0 Å². The van der Waals surface area contributed by atoms with Crippen molar-refractivity contribution in [1.29, 1.82) is 0 Å². The Morgan fingerprint density at radius 1 is 0.452 bits per heavy atom. The summed E-state index contributed by atoms with van der Waals surface area (Å²) >= 11 is 1.79. The second kappa shape index (κ2) is 10.1. The maximum absolute atomic E-state index is 2.19. The predicted octanol–water partition coefficient (Wildman–Crippen LogP) is 8.80. The van der Waals surface area contributed by atoms with Crippen molar-refractivity contribution in [3.63, 3.8) is 0 Å². The Labute approximate surface area is 190 Å². The molecular weight excluding hydrogens is 392 g/mol. The van der Waals surface area contributed by atoms with E-state index in [1.54, 1.807) is 11.8 Å². The molecule has 0 atom stereocenters. The Morgan fingerprint density at radius 2 is 0.839 bits per heavy atom. The number of aryl methyl sites for hydroxylation is 2. The topological polar surface area (TPSA) is 0 Å². The molecule has 4 aromatic rings. The molecule has 1 heteroatoms. The summed E-state index contributed by atoms with van der Waals surface area (Å²) in [6.07, 6.45) is 8.66. The SMILES string of the molecule is Cc1cccc(/C=C/c2ccc(Sc3ccc(/C=C/c4cccc(C)c4)cc3)cc2)c1. The highest BCUT2D eigenvalue weighted by molar-refractivity contribution is 7.99. The lowest BCUT2D eigenvalue weighted by molar-refractivity contribution is 1.40. The van der Waals surface area contributed by atoms with Crippen molar-refractivity contribution >= 4 is 36.1 Å². The van der Waals surface area contributed by atoms with E-state index in [9.17, 15) is 0 Å². The average molecular weight is 419 g/mol. The van der Waals surface area contributed by atoms with Crippen LogP contribution in [0.25, 0.3) is 24.3 Å². The van der Waals surface area contributed by atoms with Crippen molar-refractivity contribution in [1.82, 2.24) is 0 Å². The summed E-state index contributed by atoms with van der Waals surface area (Å²) in [6, 6.07) is 34.5. The lowest BCUT2D eigenvalue weighted by atomic mass is 10.1. The molecule has 0 saturated carbocycles. The molecule has 0 amide bonds. The van der Waals surface area contributed by atoms with Gasteiger partial charge in [-0.15, -0.1) is 0 Å². The molecule has 0 aliphatic rings. The first-order chi connectivity index (χ1) is 15.1. The van der Waals surface area contributed by atoms with Gasteiger partial charge in [0.2, 0.25) is 0 Å². The fourth-order valence-electron chi connectivity index (χ4n) is 3.36. The van der Waals surface area contributed by atoms with Crippen molar-refractivity contribution < 1.29 is 0 Å². The zero-order valence-corrected chi connectivity index (χ0v) is 18.8. The Hall–Kier alpha value is -3.29. The van der Waals surface area contributed by atoms with Crippen LogP contribution in [0.2, 0.25) is 0 Å². The third-order valence-electron chi connectivity index (χ3n) is 5.02. The first kappa shape index (κ1) is 21.0. The average Bonchev–Trinajstić information content (AvgIpc) is 2.78. The quantitative estimate of drug-likeness (QED) is 0.282. The van der Waals surface area contributed by atoms with Gasteiger partial charge in [0.05, 0.1) is 0 Å². The van der Waals surface area contributed by atoms with E-state index in [2.05, 4.69) is 135 Å². The summed E-state index contributed by atoms with van der Waals surface area (Å²) in [5.74, 6) is 0. The van der Waals surface area contributed by atoms with Crippen LogP contribution in [0.3, 0.4) is 0 Å². The summed E-state index contributed by atoms with van der Waals surface area (Å²) in [7, 11) is 0. The van der Waals surface area contributed by atoms with E-state index in [-0.39, 0.29) is 0 Å². The largest absolute Gasteiger partial charge is 0.0901 e. The molecule has 0 fully saturated rings. The molecule has 0 radical (unpaired) electrons. The molecule has 4 aromatic carbocycles. The van der Waals surface area contributed by atoms with Crippen LogP contribution in [0, 0.1) is 13.8 Å². The standard InChI is InChI=1S/C30H26S/c1-23-5-3-7-27(21-23)11-9-25-13-17-29(18-14-25)31-30-19-15-26(16-20-30)10-12-28-8-4-6-24(2)22-28/h3-22H,1-2H3/b11-9+,12-10+. The molecule has 152 valence electrons. The van der Waals surface area contributed by atoms with Crippen molar-refractivity contribution in [2.45, 2.75) is 23.6 Å². The van der Waals surface area contributed by atoms with E-state index in [1.165, 1.54) is 43.2 Å². The molecule has 0 spiro atoms. The van der Waals surface area contributed by atoms with Crippen LogP contribution in [0.5, 0.6) is 0 Å². The molecule has 0 heterocycles. The normalized spacial score (nSPS) is 11.4. The monoisotopic (exact) mass is 418 g/mol. The summed E-state index contributed by atoms with van der Waals surface area (Å²) in [5.41, 5.74) is 7.45. The maximum Gasteiger partial charge on any atom is 0.0122 e. The number of hydrogen-bond donors (Lipinski definition) is 0. The van der Waals surface area contributed by atoms with E-state index in [4.69, 9.17) is 0 Å². The molecule has 0 saturated heterocycles. The van der Waals surface area contributed by atoms with Gasteiger partial charge in [-0.1, -0.05) is 120 Å². The number of benzene rings is 4. The zero-order chi connectivity index (χ0) is 21.5. The maximum atomic E-state index is 2.19. The first-order valence-electron chi connectivity index (χ1n) is 10.5. The zero-order valence-electron chi connectivity index (χ0n) is 18.0. The van der Waals surface area contributed by atoms with Crippen LogP contribution >= 0.6 is 11.8 Å². The Balaban J connectivity index is 1.37. The van der Waals surface area contributed by atoms with E-state index in [0.717, 1.165) is 0 Å². The van der Waals surface area contributed by atoms with Crippen LogP contribution in [0.4, 0.5) is 0 Å². The summed E-state index contributed by atoms with van der Waals surface area (Å²) < 4.78 is 0. The molecular formula is C30H26S. The predicted molar refractivity (Wildman–Crippen MR) is 137 cm³/mol. The highest BCUT2D eigenvalue weighted by atomic mass is 32.2. The van der Waals surface area contributed by atoms with Gasteiger partial charge in [0.15, 0.2) is 0 Å². The van der Waals surface area contributed by atoms with Gasteiger partial charge in [-0.05, 0) is 60.4 Å². The Kier molecular flexibility index (Phi) is 6.86. The van der Waals surface area contributed by atoms with Gasteiger partial charge in [0, 0.05) is 9.79 Å². The highest BCUT2D eigenvalue weighted by Crippen LogP contribution is 2.28. The molecule has 0 aliphatic carbocycles. The Morgan fingerprint density at radius 3 is 1.23 bits per heavy atom. The van der Waals surface area contributed by atoms with Crippen molar-refractivity contribution in [2.24, 2.45) is 0 Å². The van der Waals surface area contributed by atoms with Gasteiger partial charge in [-0.3, -0.25) is 0 Å². The van der Waals surface area contributed by atoms with Crippen LogP contribution < -0.4 is 0 Å². The molecule has 0 bridgehead atoms. The minimum absolute atomic E-state index is 1.21. The Bertz CT molecular complexity index is 1100. The molecule has 31 heavy (non-hydrogen) atoms. The van der Waals surface area contributed by atoms with Gasteiger partial charge >= 0.3 is 0 Å². The van der Waals surface area contributed by atoms with Crippen LogP contribution in [0.15, 0.2) is 107 Å². The van der Waals surface area contributed by atoms with E-state index in [1.807, 2.05) is 0 Å². The number of hydrogen-bond acceptors (Lipinski definition) is 1. The minimum Gasteiger partial charge on any atom is -0.0901 e. The van der Waals surface area contributed by atoms with Crippen molar-refractivity contribution in [3.8, 4) is 0 Å². The van der Waals surface area contributed by atoms with Crippen molar-refractivity contribution in [3.05, 3.63) is 130 Å². The van der Waals surface area contributed by atoms with E-state index >= 15 is 0 Å². The van der Waals surface area contributed by atoms with E-state index < -0.39 is 0 Å². The fourth-order valence-corrected chi connectivity index (χ4v) is 4.18. The fraction of sp³-hybridized carbons (Fsp3) is 0.0667. The van der Waals surface area contributed by atoms with Gasteiger partial charge in [-0.2, -0.15) is 0 Å². The van der Waals surface area contributed by atoms with Gasteiger partial charge < -0.3 is 0 Å². The first-order valence-corrected chi connectivity index (χ1v) is 11.3. The molecule has 0 aromatic heterocycles. The summed E-state index contributed by atoms with van der Waals surface area (Å²) in [5, 5.41) is 0. The molecule has 0 unspecified atom stereocenters. The molecule has 0 nitrogen and oxygen atoms in total. The highest BCUT2D eigenvalue weighted by Gasteiger charge is 1.98. The third kappa shape index (κ3) is 6.34. The lowest BCUT2D eigenvalue weighted by Crippen LogP contribution is -1.78. The number of rotatable bonds is 6. The van der Waals surface area contributed by atoms with Gasteiger partial charge in [0.1, 0.15) is 0 Å². The van der Waals surface area contributed by atoms with Crippen LogP contribution in [0.1, 0.15) is 33.4 Å². The second-order valence-corrected chi connectivity index (χ2v) is 8.88. The third-order valence-corrected chi connectivity index (χ3v) is 6.03.